The van der Waals surface area contributed by atoms with Gasteiger partial charge >= 0.3 is 51.4 Å². The molecule has 0 heterocycles. The van der Waals surface area contributed by atoms with E-state index in [9.17, 15) is 9.59 Å². The van der Waals surface area contributed by atoms with Gasteiger partial charge in [0, 0.05) is 6.92 Å². The Morgan fingerprint density at radius 2 is 1.61 bits per heavy atom. The number of carbonyl (C=O) groups is 2. The Morgan fingerprint density at radius 3 is 1.89 bits per heavy atom. The third-order valence-electron chi connectivity index (χ3n) is 0.930. The molecule has 8 N–H and O–H groups in total. The minimum atomic E-state index is -0.536. The average molecular weight is 323 g/mol. The first-order chi connectivity index (χ1) is 7.79. The van der Waals surface area contributed by atoms with E-state index in [0.29, 0.717) is 0 Å². The molecule has 0 aliphatic rings. The van der Waals surface area contributed by atoms with E-state index in [1.807, 2.05) is 16.3 Å². The van der Waals surface area contributed by atoms with Crippen LogP contribution in [0.15, 0.2) is 0 Å². The molecule has 2 amide bonds. The third kappa shape index (κ3) is 24.9. The summed E-state index contributed by atoms with van der Waals surface area (Å²) in [6.07, 6.45) is 0. The molecule has 0 aliphatic heterocycles. The fourth-order valence-corrected chi connectivity index (χ4v) is 0.423. The first kappa shape index (κ1) is 23.0. The Hall–Kier alpha value is -0.0836. The van der Waals surface area contributed by atoms with Gasteiger partial charge < -0.3 is 15.5 Å². The van der Waals surface area contributed by atoms with Gasteiger partial charge in [-0.25, -0.2) is 5.84 Å². The van der Waals surface area contributed by atoms with E-state index >= 15 is 0 Å². The molecule has 0 radical (unpaired) electrons. The molecule has 0 aromatic carbocycles. The van der Waals surface area contributed by atoms with Crippen molar-refractivity contribution in [3.8, 4) is 0 Å². The van der Waals surface area contributed by atoms with Crippen LogP contribution in [0.5, 0.6) is 0 Å². The molecule has 100 valence electrons. The summed E-state index contributed by atoms with van der Waals surface area (Å²) in [5.41, 5.74) is 5.86. The van der Waals surface area contributed by atoms with Gasteiger partial charge in [0.1, 0.15) is 0 Å². The van der Waals surface area contributed by atoms with Crippen molar-refractivity contribution in [2.75, 3.05) is 6.54 Å². The number of aliphatic hydroxyl groups excluding tert-OH is 2. The molecule has 0 unspecified atom stereocenters. The Balaban J connectivity index is -0.000000321. The van der Waals surface area contributed by atoms with E-state index in [0.717, 1.165) is 0 Å². The number of carbonyl (C=O) groups excluding carboxylic acids is 2. The zero-order chi connectivity index (χ0) is 13.8. The molecule has 0 rings (SSSR count). The van der Waals surface area contributed by atoms with Crippen molar-refractivity contribution in [1.82, 2.24) is 21.6 Å². The van der Waals surface area contributed by atoms with Crippen molar-refractivity contribution in [1.29, 1.82) is 0 Å². The van der Waals surface area contributed by atoms with Gasteiger partial charge in [0.15, 0.2) is 0 Å². The van der Waals surface area contributed by atoms with Crippen LogP contribution in [0.4, 0.5) is 0 Å². The Bertz CT molecular complexity index is 284. The van der Waals surface area contributed by atoms with Gasteiger partial charge in [-0.05, 0) is 24.4 Å². The van der Waals surface area contributed by atoms with Gasteiger partial charge in [-0.2, -0.15) is 0 Å². The van der Waals surface area contributed by atoms with Crippen LogP contribution in [0.25, 0.3) is 0 Å². The Morgan fingerprint density at radius 1 is 1.17 bits per heavy atom. The molecular weight excluding hydrogens is 309 g/mol. The quantitative estimate of drug-likeness (QED) is 0.124. The fraction of sp³-hybridized carbons (Fsp3) is 0.333. The van der Waals surface area contributed by atoms with Crippen LogP contribution >= 0.6 is 24.4 Å². The van der Waals surface area contributed by atoms with Crippen molar-refractivity contribution in [2.45, 2.75) is 6.92 Å². The molecule has 0 aromatic heterocycles. The molecule has 0 aliphatic carbocycles. The van der Waals surface area contributed by atoms with Crippen molar-refractivity contribution in [2.24, 2.45) is 5.84 Å². The molecule has 18 heavy (non-hydrogen) atoms. The standard InChI is InChI=1S/C5H9N3O3S.CH4N2OS.K.H/c1-3(9)6-2-4(10)7-8-5(11)12;2-3-1(4)5;;/h2H2,1H3,(H,6,9)(H,7,10)(H2,8,11,12);2H2,(H2,3,4,5);;. The summed E-state index contributed by atoms with van der Waals surface area (Å²) in [6, 6.07) is 0. The second-order valence-corrected chi connectivity index (χ2v) is 3.11. The van der Waals surface area contributed by atoms with Gasteiger partial charge in [0.2, 0.25) is 5.91 Å². The molecule has 9 nitrogen and oxygen atoms in total. The summed E-state index contributed by atoms with van der Waals surface area (Å²) in [5.74, 6) is 3.72. The van der Waals surface area contributed by atoms with Gasteiger partial charge in [-0.3, -0.25) is 25.9 Å². The first-order valence-electron chi connectivity index (χ1n) is 4.01. The number of rotatable bonds is 2. The number of hydrogen-bond acceptors (Lipinski definition) is 5. The SMILES string of the molecule is CC(=O)NCC(=O)NNC(O)=S.NNC(O)=S.[KH]. The maximum atomic E-state index is 10.7. The predicted octanol–water partition coefficient (Wildman–Crippen LogP) is -2.77. The number of hydrogen-bond donors (Lipinski definition) is 7. The van der Waals surface area contributed by atoms with Gasteiger partial charge in [0.05, 0.1) is 6.54 Å². The molecule has 0 aromatic rings. The monoisotopic (exact) mass is 323 g/mol. The first-order valence-corrected chi connectivity index (χ1v) is 4.83. The molecule has 0 saturated carbocycles. The van der Waals surface area contributed by atoms with Gasteiger partial charge in [-0.15, -0.1) is 0 Å². The van der Waals surface area contributed by atoms with Crippen molar-refractivity contribution >= 4 is 98.0 Å². The van der Waals surface area contributed by atoms with Crippen LogP contribution in [0.1, 0.15) is 6.92 Å². The zero-order valence-corrected chi connectivity index (χ0v) is 10.4. The van der Waals surface area contributed by atoms with Gasteiger partial charge in [-0.1, -0.05) is 0 Å². The van der Waals surface area contributed by atoms with E-state index in [-0.39, 0.29) is 69.0 Å². The molecule has 0 fully saturated rings. The van der Waals surface area contributed by atoms with Crippen LogP contribution in [-0.4, -0.2) is 90.3 Å². The van der Waals surface area contributed by atoms with E-state index in [1.54, 1.807) is 0 Å². The van der Waals surface area contributed by atoms with Crippen LogP contribution in [0.3, 0.4) is 0 Å². The summed E-state index contributed by atoms with van der Waals surface area (Å²) in [5, 5.41) is 17.6. The number of aliphatic hydroxyl groups is 2. The summed E-state index contributed by atoms with van der Waals surface area (Å²) in [4.78, 5) is 21.0. The number of hydrazine groups is 2. The fourth-order valence-electron chi connectivity index (χ4n) is 0.372. The third-order valence-corrected chi connectivity index (χ3v) is 1.15. The zero-order valence-electron chi connectivity index (χ0n) is 8.81. The normalized spacial score (nSPS) is 7.44. The molecular formula is C6H14KN5O4S2. The van der Waals surface area contributed by atoms with Crippen molar-refractivity contribution in [3.05, 3.63) is 0 Å². The van der Waals surface area contributed by atoms with Crippen LogP contribution in [-0.2, 0) is 9.59 Å². The van der Waals surface area contributed by atoms with E-state index in [2.05, 4.69) is 35.6 Å². The molecule has 12 heteroatoms. The second kappa shape index (κ2) is 15.0. The summed E-state index contributed by atoms with van der Waals surface area (Å²) < 4.78 is 0. The molecule has 0 spiro atoms. The summed E-state index contributed by atoms with van der Waals surface area (Å²) in [7, 11) is 0. The molecule has 0 saturated heterocycles. The number of amides is 2. The Labute approximate surface area is 157 Å². The van der Waals surface area contributed by atoms with Crippen molar-refractivity contribution in [3.63, 3.8) is 0 Å². The topological polar surface area (TPSA) is 149 Å². The van der Waals surface area contributed by atoms with Gasteiger partial charge in [0.25, 0.3) is 16.3 Å². The van der Waals surface area contributed by atoms with E-state index < -0.39 is 11.1 Å². The Kier molecular flexibility index (Phi) is 19.2. The number of thiocarbonyl (C=S) groups is 2. The maximum absolute atomic E-state index is 10.7. The summed E-state index contributed by atoms with van der Waals surface area (Å²) >= 11 is 8.21. The van der Waals surface area contributed by atoms with Crippen LogP contribution < -0.4 is 27.4 Å². The van der Waals surface area contributed by atoms with Crippen molar-refractivity contribution < 1.29 is 19.8 Å². The van der Waals surface area contributed by atoms with E-state index in [1.165, 1.54) is 6.92 Å². The van der Waals surface area contributed by atoms with E-state index in [4.69, 9.17) is 10.2 Å². The molecule has 0 atom stereocenters. The van der Waals surface area contributed by atoms with Crippen LogP contribution in [0, 0.1) is 0 Å². The second-order valence-electron chi connectivity index (χ2n) is 2.34. The number of nitrogens with one attached hydrogen (secondary N) is 4. The minimum absolute atomic E-state index is 0. The predicted molar refractivity (Wildman–Crippen MR) is 74.9 cm³/mol. The van der Waals surface area contributed by atoms with Crippen LogP contribution in [0.2, 0.25) is 0 Å². The summed E-state index contributed by atoms with van der Waals surface area (Å²) in [6.45, 7) is 1.13. The average Bonchev–Trinajstić information content (AvgIpc) is 2.24. The number of nitrogens with two attached hydrogens (primary N) is 1. The molecule has 0 bridgehead atoms.